The molecule has 2 aliphatic heterocycles. The average molecular weight is 675 g/mol. The highest BCUT2D eigenvalue weighted by atomic mass is 32.2. The molecular weight excluding hydrogens is 633 g/mol. The second-order valence-electron chi connectivity index (χ2n) is 13.2. The second-order valence-corrected chi connectivity index (χ2v) is 19.1. The van der Waals surface area contributed by atoms with E-state index in [1.807, 2.05) is 73.7 Å². The van der Waals surface area contributed by atoms with Crippen LogP contribution in [0.3, 0.4) is 0 Å². The molecule has 8 nitrogen and oxygen atoms in total. The normalized spacial score (nSPS) is 24.7. The Morgan fingerprint density at radius 3 is 1.85 bits per heavy atom. The minimum atomic E-state index is -4.17. The van der Waals surface area contributed by atoms with Crippen LogP contribution in [0.2, 0.25) is 5.04 Å². The Bertz CT molecular complexity index is 1690. The van der Waals surface area contributed by atoms with Crippen molar-refractivity contribution in [3.63, 3.8) is 0 Å². The summed E-state index contributed by atoms with van der Waals surface area (Å²) in [6.07, 6.45) is -3.02. The Morgan fingerprint density at radius 1 is 0.766 bits per heavy atom. The van der Waals surface area contributed by atoms with Crippen molar-refractivity contribution in [3.05, 3.63) is 126 Å². The van der Waals surface area contributed by atoms with E-state index < -0.39 is 48.8 Å². The molecule has 2 heterocycles. The number of rotatable bonds is 11. The molecule has 4 aromatic carbocycles. The summed E-state index contributed by atoms with van der Waals surface area (Å²) in [5.74, 6) is 0. The summed E-state index contributed by atoms with van der Waals surface area (Å²) >= 11 is 0. The van der Waals surface area contributed by atoms with Crippen LogP contribution in [0.5, 0.6) is 0 Å². The molecule has 4 aromatic rings. The van der Waals surface area contributed by atoms with Gasteiger partial charge in [0.1, 0.15) is 24.4 Å². The van der Waals surface area contributed by atoms with Crippen LogP contribution in [0, 0.1) is 6.92 Å². The van der Waals surface area contributed by atoms with Gasteiger partial charge in [-0.3, -0.25) is 4.18 Å². The van der Waals surface area contributed by atoms with Gasteiger partial charge in [0, 0.05) is 12.7 Å². The molecule has 0 spiro atoms. The third-order valence-electron chi connectivity index (χ3n) is 9.01. The first-order valence-corrected chi connectivity index (χ1v) is 19.1. The molecule has 0 aliphatic carbocycles. The maximum Gasteiger partial charge on any atom is 0.297 e. The van der Waals surface area contributed by atoms with Crippen LogP contribution in [-0.4, -0.2) is 61.2 Å². The number of ether oxygens (including phenoxy) is 4. The minimum Gasteiger partial charge on any atom is -0.404 e. The van der Waals surface area contributed by atoms with Crippen molar-refractivity contribution in [1.82, 2.24) is 0 Å². The predicted octanol–water partition coefficient (Wildman–Crippen LogP) is 5.50. The third-order valence-corrected chi connectivity index (χ3v) is 15.3. The van der Waals surface area contributed by atoms with Crippen molar-refractivity contribution in [2.45, 2.75) is 68.0 Å². The minimum absolute atomic E-state index is 0.0460. The Morgan fingerprint density at radius 2 is 1.32 bits per heavy atom. The van der Waals surface area contributed by atoms with Gasteiger partial charge in [-0.2, -0.15) is 8.42 Å². The van der Waals surface area contributed by atoms with E-state index in [1.54, 1.807) is 12.1 Å². The van der Waals surface area contributed by atoms with Gasteiger partial charge in [-0.15, -0.1) is 0 Å². The van der Waals surface area contributed by atoms with Gasteiger partial charge < -0.3 is 23.4 Å². The molecule has 2 saturated heterocycles. The quantitative estimate of drug-likeness (QED) is 0.152. The van der Waals surface area contributed by atoms with Gasteiger partial charge in [-0.05, 0) is 34.5 Å². The highest BCUT2D eigenvalue weighted by molar-refractivity contribution is 7.86. The van der Waals surface area contributed by atoms with Crippen LogP contribution in [0.15, 0.2) is 120 Å². The Hall–Kier alpha value is -3.19. The van der Waals surface area contributed by atoms with Crippen molar-refractivity contribution >= 4 is 28.8 Å². The van der Waals surface area contributed by atoms with E-state index in [2.05, 4.69) is 45.0 Å². The van der Waals surface area contributed by atoms with Gasteiger partial charge >= 0.3 is 0 Å². The molecule has 6 rings (SSSR count). The molecule has 248 valence electrons. The van der Waals surface area contributed by atoms with E-state index in [-0.39, 0.29) is 23.1 Å². The second kappa shape index (κ2) is 13.4. The van der Waals surface area contributed by atoms with E-state index in [0.29, 0.717) is 0 Å². The Balaban J connectivity index is 1.43. The fourth-order valence-electron chi connectivity index (χ4n) is 6.62. The Labute approximate surface area is 278 Å². The first-order chi connectivity index (χ1) is 22.5. The number of hydrogen-bond acceptors (Lipinski definition) is 8. The summed E-state index contributed by atoms with van der Waals surface area (Å²) in [6, 6.07) is 36.6. The molecule has 2 aliphatic rings. The summed E-state index contributed by atoms with van der Waals surface area (Å²) in [7, 11) is -5.73. The van der Waals surface area contributed by atoms with Crippen LogP contribution in [0.1, 0.15) is 38.2 Å². The van der Waals surface area contributed by atoms with Crippen LogP contribution in [0.25, 0.3) is 0 Å². The lowest BCUT2D eigenvalue weighted by Gasteiger charge is -2.45. The smallest absolute Gasteiger partial charge is 0.297 e. The largest absolute Gasteiger partial charge is 0.404 e. The Kier molecular flexibility index (Phi) is 9.59. The van der Waals surface area contributed by atoms with Gasteiger partial charge in [0.15, 0.2) is 12.6 Å². The molecular formula is C37H42O8SSi. The fraction of sp³-hybridized carbons (Fsp3) is 0.351. The molecule has 5 atom stereocenters. The van der Waals surface area contributed by atoms with Crippen molar-refractivity contribution in [3.8, 4) is 0 Å². The fourth-order valence-corrected chi connectivity index (χ4v) is 12.2. The molecule has 0 amide bonds. The van der Waals surface area contributed by atoms with E-state index in [9.17, 15) is 8.42 Å². The van der Waals surface area contributed by atoms with Crippen LogP contribution >= 0.6 is 0 Å². The summed E-state index contributed by atoms with van der Waals surface area (Å²) < 4.78 is 65.7. The van der Waals surface area contributed by atoms with Crippen LogP contribution in [-0.2, 0) is 37.7 Å². The topological polar surface area (TPSA) is 89.5 Å². The van der Waals surface area contributed by atoms with Crippen molar-refractivity contribution in [1.29, 1.82) is 0 Å². The highest BCUT2D eigenvalue weighted by Crippen LogP contribution is 2.47. The molecule has 0 N–H and O–H groups in total. The van der Waals surface area contributed by atoms with Gasteiger partial charge in [-0.25, -0.2) is 0 Å². The molecule has 10 heteroatoms. The zero-order valence-electron chi connectivity index (χ0n) is 27.4. The number of fused-ring (bicyclic) bond motifs is 1. The van der Waals surface area contributed by atoms with Crippen molar-refractivity contribution in [2.75, 3.05) is 20.3 Å². The molecule has 47 heavy (non-hydrogen) atoms. The van der Waals surface area contributed by atoms with Gasteiger partial charge in [0.05, 0.1) is 11.5 Å². The van der Waals surface area contributed by atoms with Gasteiger partial charge in [0.25, 0.3) is 18.4 Å². The third kappa shape index (κ3) is 6.49. The molecule has 0 bridgehead atoms. The zero-order chi connectivity index (χ0) is 33.3. The number of methoxy groups -OCH3 is 1. The summed E-state index contributed by atoms with van der Waals surface area (Å²) in [4.78, 5) is 0.0507. The first kappa shape index (κ1) is 33.7. The van der Waals surface area contributed by atoms with E-state index in [4.69, 9.17) is 27.6 Å². The lowest BCUT2D eigenvalue weighted by molar-refractivity contribution is -0.238. The molecule has 0 saturated carbocycles. The average Bonchev–Trinajstić information content (AvgIpc) is 3.64. The van der Waals surface area contributed by atoms with Crippen molar-refractivity contribution in [2.24, 2.45) is 0 Å². The van der Waals surface area contributed by atoms with E-state index in [1.165, 1.54) is 19.2 Å². The van der Waals surface area contributed by atoms with E-state index >= 15 is 0 Å². The monoisotopic (exact) mass is 674 g/mol. The summed E-state index contributed by atoms with van der Waals surface area (Å²) in [5, 5.41) is 1.81. The van der Waals surface area contributed by atoms with Crippen LogP contribution in [0.4, 0.5) is 0 Å². The summed E-state index contributed by atoms with van der Waals surface area (Å²) in [6.45, 7) is 8.01. The lowest BCUT2D eigenvalue weighted by Crippen LogP contribution is -2.68. The highest BCUT2D eigenvalue weighted by Gasteiger charge is 2.64. The molecule has 2 fully saturated rings. The standard InChI is InChI=1S/C37H42O8SSi/c1-27-21-23-29(24-22-27)46(38,39)41-25-37(33-32(35(40-5)45-37)43-34(44-33)28-15-9-6-10-16-28)26-42-47(36(2,3)4,30-17-11-7-12-18-30)31-19-13-8-14-20-31/h6-24,32-35H,25-26H2,1-5H3/t32-,33+,34?,35-,37-/m1/s1. The molecule has 1 unspecified atom stereocenters. The maximum atomic E-state index is 13.6. The van der Waals surface area contributed by atoms with E-state index in [0.717, 1.165) is 21.5 Å². The predicted molar refractivity (Wildman–Crippen MR) is 181 cm³/mol. The first-order valence-electron chi connectivity index (χ1n) is 15.8. The van der Waals surface area contributed by atoms with Gasteiger partial charge in [0.2, 0.25) is 0 Å². The molecule has 0 radical (unpaired) electrons. The van der Waals surface area contributed by atoms with Crippen molar-refractivity contribution < 1.29 is 36.0 Å². The number of hydrogen-bond donors (Lipinski definition) is 0. The number of benzene rings is 4. The maximum absolute atomic E-state index is 13.6. The molecule has 0 aromatic heterocycles. The summed E-state index contributed by atoms with van der Waals surface area (Å²) in [5.41, 5.74) is 0.346. The SMILES string of the molecule is CO[C@@H]1O[C@@](CO[Si](c2ccccc2)(c2ccccc2)C(C)(C)C)(COS(=O)(=O)c2ccc(C)cc2)[C@H]2OC(c3ccccc3)O[C@@H]12. The lowest BCUT2D eigenvalue weighted by atomic mass is 9.97. The zero-order valence-corrected chi connectivity index (χ0v) is 29.2. The van der Waals surface area contributed by atoms with Crippen LogP contribution < -0.4 is 10.4 Å². The number of aryl methyl sites for hydroxylation is 1. The van der Waals surface area contributed by atoms with Gasteiger partial charge in [-0.1, -0.05) is 129 Å².